The molecule has 1 amide bonds. The van der Waals surface area contributed by atoms with Gasteiger partial charge in [0.05, 0.1) is 11.1 Å². The van der Waals surface area contributed by atoms with Gasteiger partial charge in [-0.25, -0.2) is 19.3 Å². The zero-order chi connectivity index (χ0) is 22.7. The Hall–Kier alpha value is -3.56. The van der Waals surface area contributed by atoms with Crippen LogP contribution in [0.15, 0.2) is 55.0 Å². The van der Waals surface area contributed by atoms with Crippen molar-refractivity contribution >= 4 is 11.7 Å². The molecule has 32 heavy (non-hydrogen) atoms. The first kappa shape index (κ1) is 21.7. The second kappa shape index (κ2) is 8.89. The average Bonchev–Trinajstić information content (AvgIpc) is 2.79. The maximum atomic E-state index is 13.9. The van der Waals surface area contributed by atoms with Crippen LogP contribution in [0.1, 0.15) is 28.8 Å². The molecule has 6 nitrogen and oxygen atoms in total. The van der Waals surface area contributed by atoms with Crippen LogP contribution in [0.25, 0.3) is 11.4 Å². The molecule has 1 saturated heterocycles. The molecule has 4 rings (SSSR count). The fourth-order valence-corrected chi connectivity index (χ4v) is 3.63. The predicted octanol–water partition coefficient (Wildman–Crippen LogP) is 4.41. The quantitative estimate of drug-likeness (QED) is 0.603. The van der Waals surface area contributed by atoms with E-state index >= 15 is 0 Å². The van der Waals surface area contributed by atoms with Crippen LogP contribution in [-0.2, 0) is 6.18 Å². The summed E-state index contributed by atoms with van der Waals surface area (Å²) in [4.78, 5) is 27.0. The van der Waals surface area contributed by atoms with Gasteiger partial charge in [0.25, 0.3) is 5.91 Å². The Balaban J connectivity index is 1.50. The first-order chi connectivity index (χ1) is 15.3. The third-order valence-electron chi connectivity index (χ3n) is 5.17. The van der Waals surface area contributed by atoms with Gasteiger partial charge in [-0.05, 0) is 49.2 Å². The number of amides is 1. The van der Waals surface area contributed by atoms with Gasteiger partial charge in [-0.2, -0.15) is 13.2 Å². The highest BCUT2D eigenvalue weighted by Gasteiger charge is 2.31. The van der Waals surface area contributed by atoms with Crippen LogP contribution in [0.4, 0.5) is 23.4 Å². The maximum Gasteiger partial charge on any atom is 0.417 e. The van der Waals surface area contributed by atoms with E-state index in [1.165, 1.54) is 36.7 Å². The largest absolute Gasteiger partial charge is 0.417 e. The number of alkyl halides is 3. The van der Waals surface area contributed by atoms with Crippen LogP contribution in [0, 0.1) is 5.82 Å². The Kier molecular flexibility index (Phi) is 6.02. The molecule has 1 unspecified atom stereocenters. The van der Waals surface area contributed by atoms with E-state index in [0.29, 0.717) is 30.9 Å². The van der Waals surface area contributed by atoms with E-state index in [9.17, 15) is 22.4 Å². The standard InChI is InChI=1S/C22H19F4N5O/c23-15-5-6-17(18(11-15)20-27-8-2-9-28-20)21(32)31-10-1-3-16(13-31)30-19-7-4-14(12-29-19)22(24,25)26/h2,4-9,11-12,16H,1,3,10,13H2,(H,29,30). The monoisotopic (exact) mass is 445 g/mol. The number of anilines is 1. The smallest absolute Gasteiger partial charge is 0.366 e. The summed E-state index contributed by atoms with van der Waals surface area (Å²) in [7, 11) is 0. The van der Waals surface area contributed by atoms with Crippen molar-refractivity contribution in [2.24, 2.45) is 0 Å². The summed E-state index contributed by atoms with van der Waals surface area (Å²) in [5.41, 5.74) is -0.239. The zero-order valence-electron chi connectivity index (χ0n) is 16.8. The van der Waals surface area contributed by atoms with Gasteiger partial charge in [0, 0.05) is 43.3 Å². The molecular formula is C22H19F4N5O. The van der Waals surface area contributed by atoms with Crippen molar-refractivity contribution < 1.29 is 22.4 Å². The fraction of sp³-hybridized carbons (Fsp3) is 0.273. The summed E-state index contributed by atoms with van der Waals surface area (Å²) in [6.45, 7) is 0.831. The van der Waals surface area contributed by atoms with Crippen molar-refractivity contribution in [1.29, 1.82) is 0 Å². The van der Waals surface area contributed by atoms with E-state index in [4.69, 9.17) is 0 Å². The van der Waals surface area contributed by atoms with Gasteiger partial charge < -0.3 is 10.2 Å². The summed E-state index contributed by atoms with van der Waals surface area (Å²) in [6, 6.07) is 7.53. The summed E-state index contributed by atoms with van der Waals surface area (Å²) < 4.78 is 52.0. The molecule has 1 aliphatic rings. The maximum absolute atomic E-state index is 13.9. The SMILES string of the molecule is O=C(c1ccc(F)cc1-c1ncccn1)N1CCCC(Nc2ccc(C(F)(F)F)cn2)C1. The molecule has 3 heterocycles. The minimum Gasteiger partial charge on any atom is -0.366 e. The Morgan fingerprint density at radius 3 is 2.56 bits per heavy atom. The van der Waals surface area contributed by atoms with E-state index in [1.807, 2.05) is 0 Å². The zero-order valence-corrected chi connectivity index (χ0v) is 16.8. The van der Waals surface area contributed by atoms with Gasteiger partial charge in [-0.3, -0.25) is 4.79 Å². The number of nitrogens with zero attached hydrogens (tertiary/aromatic N) is 4. The van der Waals surface area contributed by atoms with Gasteiger partial charge in [-0.1, -0.05) is 0 Å². The molecule has 1 atom stereocenters. The van der Waals surface area contributed by atoms with Crippen LogP contribution in [-0.4, -0.2) is 44.9 Å². The summed E-state index contributed by atoms with van der Waals surface area (Å²) in [5.74, 6) is -0.247. The lowest BCUT2D eigenvalue weighted by atomic mass is 10.0. The highest BCUT2D eigenvalue weighted by molar-refractivity contribution is 6.00. The Morgan fingerprint density at radius 2 is 1.88 bits per heavy atom. The first-order valence-corrected chi connectivity index (χ1v) is 9.97. The number of aromatic nitrogens is 3. The molecule has 0 aliphatic carbocycles. The number of nitrogens with one attached hydrogen (secondary N) is 1. The molecule has 0 radical (unpaired) electrons. The van der Waals surface area contributed by atoms with Crippen molar-refractivity contribution in [2.45, 2.75) is 25.1 Å². The number of carbonyl (C=O) groups is 1. The predicted molar refractivity (Wildman–Crippen MR) is 109 cm³/mol. The third kappa shape index (κ3) is 4.84. The van der Waals surface area contributed by atoms with Gasteiger partial charge in [0.2, 0.25) is 0 Å². The Bertz CT molecular complexity index is 1090. The summed E-state index contributed by atoms with van der Waals surface area (Å²) in [6.07, 6.45) is 0.777. The lowest BCUT2D eigenvalue weighted by Gasteiger charge is -2.34. The highest BCUT2D eigenvalue weighted by atomic mass is 19.4. The average molecular weight is 445 g/mol. The van der Waals surface area contributed by atoms with Crippen LogP contribution in [0.3, 0.4) is 0 Å². The molecule has 1 fully saturated rings. The molecule has 1 aliphatic heterocycles. The number of halogens is 4. The Labute approximate surface area is 181 Å². The number of benzene rings is 1. The molecule has 2 aromatic heterocycles. The van der Waals surface area contributed by atoms with Gasteiger partial charge in [0.15, 0.2) is 5.82 Å². The van der Waals surface area contributed by atoms with E-state index < -0.39 is 17.6 Å². The molecule has 1 aromatic carbocycles. The van der Waals surface area contributed by atoms with Crippen molar-refractivity contribution in [2.75, 3.05) is 18.4 Å². The van der Waals surface area contributed by atoms with Gasteiger partial charge in [0.1, 0.15) is 11.6 Å². The molecule has 1 N–H and O–H groups in total. The van der Waals surface area contributed by atoms with Gasteiger partial charge in [-0.15, -0.1) is 0 Å². The normalized spacial score (nSPS) is 16.6. The third-order valence-corrected chi connectivity index (χ3v) is 5.17. The lowest BCUT2D eigenvalue weighted by molar-refractivity contribution is -0.137. The minimum absolute atomic E-state index is 0.186. The number of hydrogen-bond acceptors (Lipinski definition) is 5. The topological polar surface area (TPSA) is 71.0 Å². The summed E-state index contributed by atoms with van der Waals surface area (Å²) in [5, 5.41) is 3.09. The number of hydrogen-bond donors (Lipinski definition) is 1. The second-order valence-corrected chi connectivity index (χ2v) is 7.43. The molecule has 10 heteroatoms. The van der Waals surface area contributed by atoms with E-state index in [-0.39, 0.29) is 23.3 Å². The van der Waals surface area contributed by atoms with Crippen LogP contribution >= 0.6 is 0 Å². The first-order valence-electron chi connectivity index (χ1n) is 9.97. The van der Waals surface area contributed by atoms with Gasteiger partial charge >= 0.3 is 6.18 Å². The van der Waals surface area contributed by atoms with Crippen LogP contribution < -0.4 is 5.32 Å². The van der Waals surface area contributed by atoms with E-state index in [1.54, 1.807) is 11.0 Å². The van der Waals surface area contributed by atoms with E-state index in [0.717, 1.165) is 18.7 Å². The number of likely N-dealkylation sites (tertiary alicyclic amines) is 1. The number of rotatable bonds is 4. The summed E-state index contributed by atoms with van der Waals surface area (Å²) >= 11 is 0. The van der Waals surface area contributed by atoms with Crippen molar-refractivity contribution in [3.63, 3.8) is 0 Å². The minimum atomic E-state index is -4.45. The highest BCUT2D eigenvalue weighted by Crippen LogP contribution is 2.29. The molecule has 3 aromatic rings. The van der Waals surface area contributed by atoms with Crippen LogP contribution in [0.5, 0.6) is 0 Å². The Morgan fingerprint density at radius 1 is 1.09 bits per heavy atom. The van der Waals surface area contributed by atoms with E-state index in [2.05, 4.69) is 20.3 Å². The molecule has 0 bridgehead atoms. The molecular weight excluding hydrogens is 426 g/mol. The van der Waals surface area contributed by atoms with Crippen LogP contribution in [0.2, 0.25) is 0 Å². The molecule has 166 valence electrons. The van der Waals surface area contributed by atoms with Crippen molar-refractivity contribution in [3.8, 4) is 11.4 Å². The number of carbonyl (C=O) groups excluding carboxylic acids is 1. The number of pyridine rings is 1. The molecule has 0 spiro atoms. The van der Waals surface area contributed by atoms with Crippen molar-refractivity contribution in [1.82, 2.24) is 19.9 Å². The number of piperidine rings is 1. The van der Waals surface area contributed by atoms with Crippen molar-refractivity contribution in [3.05, 3.63) is 71.9 Å². The second-order valence-electron chi connectivity index (χ2n) is 7.43. The molecule has 0 saturated carbocycles. The fourth-order valence-electron chi connectivity index (χ4n) is 3.63. The lowest BCUT2D eigenvalue weighted by Crippen LogP contribution is -2.45.